The number of hydrogen-bond donors (Lipinski definition) is 3. The highest BCUT2D eigenvalue weighted by Gasteiger charge is 2.25. The van der Waals surface area contributed by atoms with Gasteiger partial charge in [-0.25, -0.2) is 4.98 Å². The van der Waals surface area contributed by atoms with Crippen LogP contribution in [0.15, 0.2) is 52.0 Å². The number of fused-ring (bicyclic) bond motifs is 1. The number of aromatic nitrogens is 4. The van der Waals surface area contributed by atoms with Gasteiger partial charge in [0.15, 0.2) is 0 Å². The van der Waals surface area contributed by atoms with E-state index in [-0.39, 0.29) is 11.5 Å². The van der Waals surface area contributed by atoms with E-state index in [1.165, 1.54) is 0 Å². The Morgan fingerprint density at radius 3 is 2.63 bits per heavy atom. The Bertz CT molecular complexity index is 1540. The summed E-state index contributed by atoms with van der Waals surface area (Å²) in [6.45, 7) is 9.86. The van der Waals surface area contributed by atoms with E-state index in [9.17, 15) is 4.79 Å². The van der Waals surface area contributed by atoms with Crippen LogP contribution in [0.3, 0.4) is 0 Å². The molecule has 2 aliphatic heterocycles. The lowest BCUT2D eigenvalue weighted by atomic mass is 10.0. The van der Waals surface area contributed by atoms with E-state index in [2.05, 4.69) is 68.9 Å². The molecule has 3 aromatic heterocycles. The van der Waals surface area contributed by atoms with Crippen molar-refractivity contribution in [3.8, 4) is 0 Å². The number of pyridine rings is 1. The maximum Gasteiger partial charge on any atom is 0.276 e. The van der Waals surface area contributed by atoms with Gasteiger partial charge in [0, 0.05) is 66.7 Å². The quantitative estimate of drug-likeness (QED) is 0.267. The summed E-state index contributed by atoms with van der Waals surface area (Å²) in [6, 6.07) is 10.5. The topological polar surface area (TPSA) is 116 Å². The van der Waals surface area contributed by atoms with Crippen LogP contribution in [0.25, 0.3) is 11.0 Å². The zero-order chi connectivity index (χ0) is 28.3. The van der Waals surface area contributed by atoms with Gasteiger partial charge in [-0.05, 0) is 77.2 Å². The van der Waals surface area contributed by atoms with Gasteiger partial charge in [0.1, 0.15) is 17.1 Å². The second-order valence-electron chi connectivity index (χ2n) is 11.1. The van der Waals surface area contributed by atoms with Gasteiger partial charge in [-0.15, -0.1) is 0 Å². The summed E-state index contributed by atoms with van der Waals surface area (Å²) in [4.78, 5) is 27.8. The van der Waals surface area contributed by atoms with Gasteiger partial charge in [0.25, 0.3) is 5.56 Å². The lowest BCUT2D eigenvalue weighted by Crippen LogP contribution is -2.33. The number of likely N-dealkylation sites (N-methyl/N-ethyl adjacent to an activating group) is 1. The Kier molecular flexibility index (Phi) is 7.89. The molecule has 5 heterocycles. The fourth-order valence-electron chi connectivity index (χ4n) is 5.98. The molecule has 2 aliphatic rings. The average Bonchev–Trinajstić information content (AvgIpc) is 3.75. The molecule has 216 valence electrons. The number of rotatable bonds is 10. The van der Waals surface area contributed by atoms with E-state index in [4.69, 9.17) is 9.51 Å². The highest BCUT2D eigenvalue weighted by Crippen LogP contribution is 2.27. The van der Waals surface area contributed by atoms with Gasteiger partial charge >= 0.3 is 0 Å². The Labute approximate surface area is 239 Å². The first-order valence-corrected chi connectivity index (χ1v) is 14.6. The number of likely N-dealkylation sites (tertiary alicyclic amines) is 1. The van der Waals surface area contributed by atoms with Crippen LogP contribution in [-0.4, -0.2) is 76.9 Å². The van der Waals surface area contributed by atoms with E-state index in [0.717, 1.165) is 80.2 Å². The third-order valence-corrected chi connectivity index (χ3v) is 8.25. The summed E-state index contributed by atoms with van der Waals surface area (Å²) in [7, 11) is 2.15. The van der Waals surface area contributed by atoms with Gasteiger partial charge in [-0.2, -0.15) is 4.98 Å². The van der Waals surface area contributed by atoms with Crippen molar-refractivity contribution in [2.75, 3.05) is 61.8 Å². The summed E-state index contributed by atoms with van der Waals surface area (Å²) in [5, 5.41) is 15.2. The van der Waals surface area contributed by atoms with Gasteiger partial charge < -0.3 is 30.3 Å². The zero-order valence-corrected chi connectivity index (χ0v) is 24.1. The first kappa shape index (κ1) is 27.2. The molecule has 2 unspecified atom stereocenters. The molecular weight excluding hydrogens is 518 g/mol. The van der Waals surface area contributed by atoms with E-state index in [1.54, 1.807) is 17.0 Å². The Balaban J connectivity index is 1.31. The third-order valence-electron chi connectivity index (χ3n) is 8.25. The molecule has 0 amide bonds. The molecule has 11 nitrogen and oxygen atoms in total. The zero-order valence-electron chi connectivity index (χ0n) is 24.1. The smallest absolute Gasteiger partial charge is 0.276 e. The van der Waals surface area contributed by atoms with Crippen LogP contribution in [0.4, 0.5) is 23.0 Å². The standard InChI is InChI=1S/C30H39N9O2/c1-4-38(5-2)26-14-21-16-32-30(35-24-8-6-23(7-9-24)34-25-11-13-37(3)19-25)36-28(21)39(29(26)40)18-22-17-33-41-27(22)20-10-12-31-15-20/h6-9,14,16-17,20,25,31,34H,4-5,10-13,15,18-19H2,1-3H3,(H,32,35,36). The van der Waals surface area contributed by atoms with Crippen LogP contribution in [0.2, 0.25) is 0 Å². The predicted molar refractivity (Wildman–Crippen MR) is 162 cm³/mol. The van der Waals surface area contributed by atoms with E-state index in [0.29, 0.717) is 29.9 Å². The first-order chi connectivity index (χ1) is 20.0. The van der Waals surface area contributed by atoms with Gasteiger partial charge in [0.2, 0.25) is 5.95 Å². The number of nitrogens with one attached hydrogen (secondary N) is 3. The normalized spacial score (nSPS) is 19.2. The number of anilines is 4. The van der Waals surface area contributed by atoms with Crippen LogP contribution < -0.4 is 26.4 Å². The molecule has 41 heavy (non-hydrogen) atoms. The summed E-state index contributed by atoms with van der Waals surface area (Å²) >= 11 is 0. The fraction of sp³-hybridized carbons (Fsp3) is 0.467. The Morgan fingerprint density at radius 1 is 1.12 bits per heavy atom. The largest absolute Gasteiger partial charge is 0.381 e. The molecule has 0 spiro atoms. The van der Waals surface area contributed by atoms with Crippen LogP contribution >= 0.6 is 0 Å². The molecule has 0 bridgehead atoms. The van der Waals surface area contributed by atoms with Crippen molar-refractivity contribution in [2.45, 2.75) is 45.2 Å². The molecule has 2 saturated heterocycles. The molecule has 0 saturated carbocycles. The molecule has 3 N–H and O–H groups in total. The van der Waals surface area contributed by atoms with Gasteiger partial charge in [-0.1, -0.05) is 5.16 Å². The molecule has 4 aromatic rings. The van der Waals surface area contributed by atoms with Gasteiger partial charge in [-0.3, -0.25) is 9.36 Å². The molecule has 11 heteroatoms. The molecule has 2 atom stereocenters. The minimum atomic E-state index is -0.0875. The van der Waals surface area contributed by atoms with E-state index >= 15 is 0 Å². The van der Waals surface area contributed by atoms with Crippen molar-refractivity contribution in [1.29, 1.82) is 0 Å². The minimum absolute atomic E-state index is 0.0875. The highest BCUT2D eigenvalue weighted by atomic mass is 16.5. The van der Waals surface area contributed by atoms with E-state index < -0.39 is 0 Å². The molecular formula is C30H39N9O2. The molecule has 2 fully saturated rings. The monoisotopic (exact) mass is 557 g/mol. The summed E-state index contributed by atoms with van der Waals surface area (Å²) in [5.41, 5.74) is 4.00. The Morgan fingerprint density at radius 2 is 1.93 bits per heavy atom. The van der Waals surface area contributed by atoms with Crippen molar-refractivity contribution < 1.29 is 4.52 Å². The van der Waals surface area contributed by atoms with Crippen LogP contribution in [0, 0.1) is 0 Å². The average molecular weight is 558 g/mol. The van der Waals surface area contributed by atoms with Crippen molar-refractivity contribution >= 4 is 34.0 Å². The Hall–Kier alpha value is -3.96. The predicted octanol–water partition coefficient (Wildman–Crippen LogP) is 3.61. The van der Waals surface area contributed by atoms with E-state index in [1.807, 2.05) is 18.2 Å². The summed E-state index contributed by atoms with van der Waals surface area (Å²) < 4.78 is 7.42. The third kappa shape index (κ3) is 5.77. The lowest BCUT2D eigenvalue weighted by Gasteiger charge is -2.22. The van der Waals surface area contributed by atoms with Crippen molar-refractivity contribution in [3.05, 3.63) is 64.4 Å². The van der Waals surface area contributed by atoms with Crippen LogP contribution in [0.1, 0.15) is 43.9 Å². The fourth-order valence-corrected chi connectivity index (χ4v) is 5.98. The lowest BCUT2D eigenvalue weighted by molar-refractivity contribution is 0.362. The van der Waals surface area contributed by atoms with Crippen LogP contribution in [-0.2, 0) is 6.54 Å². The molecule has 6 rings (SSSR count). The second-order valence-corrected chi connectivity index (χ2v) is 11.1. The molecule has 0 radical (unpaired) electrons. The SMILES string of the molecule is CCN(CC)c1cc2cnc(Nc3ccc(NC4CCN(C)C4)cc3)nc2n(Cc2cnoc2C2CCNC2)c1=O. The first-order valence-electron chi connectivity index (χ1n) is 14.6. The molecule has 0 aliphatic carbocycles. The maximum absolute atomic E-state index is 13.9. The highest BCUT2D eigenvalue weighted by molar-refractivity contribution is 5.80. The summed E-state index contributed by atoms with van der Waals surface area (Å²) in [6.07, 6.45) is 5.65. The maximum atomic E-state index is 13.9. The van der Waals surface area contributed by atoms with Crippen molar-refractivity contribution in [2.24, 2.45) is 0 Å². The van der Waals surface area contributed by atoms with Crippen LogP contribution in [0.5, 0.6) is 0 Å². The van der Waals surface area contributed by atoms with Crippen molar-refractivity contribution in [1.82, 2.24) is 29.9 Å². The van der Waals surface area contributed by atoms with Crippen molar-refractivity contribution in [3.63, 3.8) is 0 Å². The number of hydrogen-bond acceptors (Lipinski definition) is 10. The second kappa shape index (κ2) is 11.9. The number of benzene rings is 1. The molecule has 1 aromatic carbocycles. The van der Waals surface area contributed by atoms with Gasteiger partial charge in [0.05, 0.1) is 12.7 Å². The minimum Gasteiger partial charge on any atom is -0.381 e. The summed E-state index contributed by atoms with van der Waals surface area (Å²) in [5.74, 6) is 1.53. The number of nitrogens with zero attached hydrogens (tertiary/aromatic N) is 6.